The SMILES string of the molecule is CN=C(NCCCOc1ccccc1C)N1CCN(CC(=O)N2CCOCC2)CC1.I. The largest absolute Gasteiger partial charge is 0.493 e. The van der Waals surface area contributed by atoms with Crippen molar-refractivity contribution in [3.63, 3.8) is 0 Å². The zero-order chi connectivity index (χ0) is 21.2. The number of ether oxygens (including phenoxy) is 2. The van der Waals surface area contributed by atoms with Gasteiger partial charge < -0.3 is 24.6 Å². The lowest BCUT2D eigenvalue weighted by Crippen LogP contribution is -2.55. The van der Waals surface area contributed by atoms with Crippen LogP contribution in [-0.4, -0.2) is 106 Å². The van der Waals surface area contributed by atoms with Gasteiger partial charge in [-0.25, -0.2) is 0 Å². The predicted octanol–water partition coefficient (Wildman–Crippen LogP) is 1.43. The van der Waals surface area contributed by atoms with Crippen LogP contribution in [0.1, 0.15) is 12.0 Å². The number of halogens is 1. The van der Waals surface area contributed by atoms with Gasteiger partial charge in [-0.3, -0.25) is 14.7 Å². The van der Waals surface area contributed by atoms with Gasteiger partial charge in [-0.05, 0) is 25.0 Å². The normalized spacial score (nSPS) is 17.8. The van der Waals surface area contributed by atoms with Gasteiger partial charge in [0, 0.05) is 52.9 Å². The molecule has 1 aromatic carbocycles. The van der Waals surface area contributed by atoms with Gasteiger partial charge in [0.05, 0.1) is 26.4 Å². The second-order valence-corrected chi connectivity index (χ2v) is 7.70. The van der Waals surface area contributed by atoms with E-state index in [0.29, 0.717) is 39.5 Å². The third-order valence-electron chi connectivity index (χ3n) is 5.56. The molecule has 2 heterocycles. The quantitative estimate of drug-likeness (QED) is 0.242. The van der Waals surface area contributed by atoms with Crippen LogP contribution in [-0.2, 0) is 9.53 Å². The lowest BCUT2D eigenvalue weighted by atomic mass is 10.2. The molecule has 31 heavy (non-hydrogen) atoms. The van der Waals surface area contributed by atoms with Crippen molar-refractivity contribution >= 4 is 35.8 Å². The Morgan fingerprint density at radius 2 is 1.81 bits per heavy atom. The molecule has 0 atom stereocenters. The van der Waals surface area contributed by atoms with Crippen LogP contribution in [0.25, 0.3) is 0 Å². The summed E-state index contributed by atoms with van der Waals surface area (Å²) in [6.45, 7) is 10.2. The zero-order valence-electron chi connectivity index (χ0n) is 18.7. The van der Waals surface area contributed by atoms with E-state index in [1.165, 1.54) is 0 Å². The summed E-state index contributed by atoms with van der Waals surface area (Å²) >= 11 is 0. The summed E-state index contributed by atoms with van der Waals surface area (Å²) in [6.07, 6.45) is 0.904. The first-order valence-electron chi connectivity index (χ1n) is 10.9. The Kier molecular flexibility index (Phi) is 11.4. The fraction of sp³-hybridized carbons (Fsp3) is 0.636. The molecule has 8 nitrogen and oxygen atoms in total. The van der Waals surface area contributed by atoms with Gasteiger partial charge in [-0.15, -0.1) is 24.0 Å². The highest BCUT2D eigenvalue weighted by atomic mass is 127. The van der Waals surface area contributed by atoms with Crippen LogP contribution in [0.3, 0.4) is 0 Å². The highest BCUT2D eigenvalue weighted by Crippen LogP contribution is 2.16. The van der Waals surface area contributed by atoms with E-state index in [9.17, 15) is 4.79 Å². The molecular weight excluding hydrogens is 509 g/mol. The van der Waals surface area contributed by atoms with Gasteiger partial charge in [0.1, 0.15) is 5.75 Å². The van der Waals surface area contributed by atoms with Gasteiger partial charge in [-0.1, -0.05) is 18.2 Å². The predicted molar refractivity (Wildman–Crippen MR) is 133 cm³/mol. The van der Waals surface area contributed by atoms with E-state index in [4.69, 9.17) is 9.47 Å². The number of carbonyl (C=O) groups is 1. The van der Waals surface area contributed by atoms with Crippen LogP contribution in [0.15, 0.2) is 29.3 Å². The van der Waals surface area contributed by atoms with Crippen molar-refractivity contribution < 1.29 is 14.3 Å². The fourth-order valence-corrected chi connectivity index (χ4v) is 3.73. The van der Waals surface area contributed by atoms with Crippen molar-refractivity contribution in [2.75, 3.05) is 79.2 Å². The number of aryl methyl sites for hydroxylation is 1. The number of piperazine rings is 1. The van der Waals surface area contributed by atoms with Crippen LogP contribution >= 0.6 is 24.0 Å². The Labute approximate surface area is 203 Å². The maximum atomic E-state index is 12.4. The summed E-state index contributed by atoms with van der Waals surface area (Å²) in [4.78, 5) is 23.3. The lowest BCUT2D eigenvalue weighted by Gasteiger charge is -2.37. The van der Waals surface area contributed by atoms with E-state index in [2.05, 4.69) is 33.1 Å². The Balaban J connectivity index is 0.00000341. The molecule has 1 aromatic rings. The van der Waals surface area contributed by atoms with E-state index in [1.807, 2.05) is 30.1 Å². The standard InChI is InChI=1S/C22H35N5O3.HI/c1-19-6-3-4-7-20(19)30-15-5-8-24-22(23-2)27-11-9-25(10-12-27)18-21(28)26-13-16-29-17-14-26;/h3-4,6-7H,5,8-18H2,1-2H3,(H,23,24);1H. The number of para-hydroxylation sites is 1. The Bertz CT molecular complexity index is 704. The van der Waals surface area contributed by atoms with Crippen LogP contribution in [0.2, 0.25) is 0 Å². The van der Waals surface area contributed by atoms with E-state index < -0.39 is 0 Å². The second-order valence-electron chi connectivity index (χ2n) is 7.70. The number of aliphatic imine (C=N–C) groups is 1. The Morgan fingerprint density at radius 3 is 2.48 bits per heavy atom. The molecule has 2 saturated heterocycles. The first kappa shape index (κ1) is 25.7. The minimum absolute atomic E-state index is 0. The molecule has 174 valence electrons. The molecule has 0 saturated carbocycles. The number of hydrogen-bond acceptors (Lipinski definition) is 5. The molecular formula is C22H36IN5O3. The molecule has 9 heteroatoms. The average molecular weight is 545 g/mol. The maximum Gasteiger partial charge on any atom is 0.236 e. The average Bonchev–Trinajstić information content (AvgIpc) is 2.79. The number of rotatable bonds is 7. The molecule has 0 radical (unpaired) electrons. The van der Waals surface area contributed by atoms with Crippen LogP contribution in [0, 0.1) is 6.92 Å². The first-order chi connectivity index (χ1) is 14.7. The summed E-state index contributed by atoms with van der Waals surface area (Å²) in [7, 11) is 1.82. The number of nitrogens with zero attached hydrogens (tertiary/aromatic N) is 4. The third kappa shape index (κ3) is 8.12. The van der Waals surface area contributed by atoms with Crippen LogP contribution < -0.4 is 10.1 Å². The van der Waals surface area contributed by atoms with Gasteiger partial charge in [0.25, 0.3) is 0 Å². The third-order valence-corrected chi connectivity index (χ3v) is 5.56. The minimum Gasteiger partial charge on any atom is -0.493 e. The highest BCUT2D eigenvalue weighted by molar-refractivity contribution is 14.0. The number of nitrogens with one attached hydrogen (secondary N) is 1. The molecule has 1 amide bonds. The summed E-state index contributed by atoms with van der Waals surface area (Å²) in [6, 6.07) is 8.08. The molecule has 1 N–H and O–H groups in total. The number of benzene rings is 1. The lowest BCUT2D eigenvalue weighted by molar-refractivity contribution is -0.136. The van der Waals surface area contributed by atoms with Crippen molar-refractivity contribution in [3.8, 4) is 5.75 Å². The molecule has 0 spiro atoms. The van der Waals surface area contributed by atoms with Crippen molar-refractivity contribution in [1.82, 2.24) is 20.0 Å². The van der Waals surface area contributed by atoms with Crippen molar-refractivity contribution in [2.45, 2.75) is 13.3 Å². The molecule has 2 fully saturated rings. The Hall–Kier alpha value is -1.59. The molecule has 0 aliphatic carbocycles. The number of hydrogen-bond donors (Lipinski definition) is 1. The van der Waals surface area contributed by atoms with E-state index in [1.54, 1.807) is 0 Å². The van der Waals surface area contributed by atoms with E-state index >= 15 is 0 Å². The van der Waals surface area contributed by atoms with Crippen molar-refractivity contribution in [2.24, 2.45) is 4.99 Å². The number of amides is 1. The summed E-state index contributed by atoms with van der Waals surface area (Å²) in [5.41, 5.74) is 1.16. The molecule has 2 aliphatic rings. The zero-order valence-corrected chi connectivity index (χ0v) is 21.0. The number of guanidine groups is 1. The van der Waals surface area contributed by atoms with Crippen LogP contribution in [0.5, 0.6) is 5.75 Å². The highest BCUT2D eigenvalue weighted by Gasteiger charge is 2.24. The van der Waals surface area contributed by atoms with Crippen molar-refractivity contribution in [1.29, 1.82) is 0 Å². The summed E-state index contributed by atoms with van der Waals surface area (Å²) in [5.74, 6) is 2.08. The molecule has 3 rings (SSSR count). The topological polar surface area (TPSA) is 69.6 Å². The van der Waals surface area contributed by atoms with E-state index in [-0.39, 0.29) is 29.9 Å². The van der Waals surface area contributed by atoms with E-state index in [0.717, 1.165) is 56.4 Å². The van der Waals surface area contributed by atoms with Crippen LogP contribution in [0.4, 0.5) is 0 Å². The fourth-order valence-electron chi connectivity index (χ4n) is 3.73. The van der Waals surface area contributed by atoms with Gasteiger partial charge >= 0.3 is 0 Å². The maximum absolute atomic E-state index is 12.4. The van der Waals surface area contributed by atoms with Gasteiger partial charge in [-0.2, -0.15) is 0 Å². The second kappa shape index (κ2) is 13.7. The molecule has 0 unspecified atom stereocenters. The monoisotopic (exact) mass is 545 g/mol. The van der Waals surface area contributed by atoms with Gasteiger partial charge in [0.2, 0.25) is 5.91 Å². The first-order valence-corrected chi connectivity index (χ1v) is 10.9. The smallest absolute Gasteiger partial charge is 0.236 e. The minimum atomic E-state index is 0. The molecule has 0 aromatic heterocycles. The van der Waals surface area contributed by atoms with Crippen molar-refractivity contribution in [3.05, 3.63) is 29.8 Å². The van der Waals surface area contributed by atoms with Gasteiger partial charge in [0.15, 0.2) is 5.96 Å². The Morgan fingerprint density at radius 1 is 1.10 bits per heavy atom. The molecule has 2 aliphatic heterocycles. The number of morpholine rings is 1. The molecule has 0 bridgehead atoms. The summed E-state index contributed by atoms with van der Waals surface area (Å²) < 4.78 is 11.2. The number of carbonyl (C=O) groups excluding carboxylic acids is 1. The summed E-state index contributed by atoms with van der Waals surface area (Å²) in [5, 5.41) is 3.44.